The first kappa shape index (κ1) is 10.5. The zero-order chi connectivity index (χ0) is 11.5. The van der Waals surface area contributed by atoms with Crippen molar-refractivity contribution in [2.75, 3.05) is 0 Å². The molecule has 2 aromatic rings. The number of ether oxygens (including phenoxy) is 1. The SMILES string of the molecule is Fc1ccc(-n2ccc(OC(F)F)n2)nc1. The van der Waals surface area contributed by atoms with Crippen LogP contribution in [0.2, 0.25) is 0 Å². The molecule has 0 atom stereocenters. The highest BCUT2D eigenvalue weighted by Gasteiger charge is 2.08. The van der Waals surface area contributed by atoms with Gasteiger partial charge in [0.2, 0.25) is 5.88 Å². The lowest BCUT2D eigenvalue weighted by Crippen LogP contribution is -2.04. The summed E-state index contributed by atoms with van der Waals surface area (Å²) in [5, 5.41) is 3.68. The molecule has 7 heteroatoms. The van der Waals surface area contributed by atoms with E-state index in [0.717, 1.165) is 6.20 Å². The molecule has 0 amide bonds. The maximum atomic E-state index is 12.6. The Hall–Kier alpha value is -2.05. The molecule has 84 valence electrons. The zero-order valence-electron chi connectivity index (χ0n) is 7.85. The smallest absolute Gasteiger partial charge is 0.388 e. The second-order valence-corrected chi connectivity index (χ2v) is 2.81. The van der Waals surface area contributed by atoms with Crippen LogP contribution in [0, 0.1) is 5.82 Å². The van der Waals surface area contributed by atoms with Crippen LogP contribution in [0.4, 0.5) is 13.2 Å². The van der Waals surface area contributed by atoms with Gasteiger partial charge in [-0.05, 0) is 12.1 Å². The minimum absolute atomic E-state index is 0.221. The summed E-state index contributed by atoms with van der Waals surface area (Å²) in [6, 6.07) is 3.82. The van der Waals surface area contributed by atoms with Crippen LogP contribution in [-0.2, 0) is 0 Å². The molecular weight excluding hydrogens is 223 g/mol. The first-order valence-electron chi connectivity index (χ1n) is 4.27. The van der Waals surface area contributed by atoms with Gasteiger partial charge in [0.25, 0.3) is 0 Å². The summed E-state index contributed by atoms with van der Waals surface area (Å²) in [7, 11) is 0. The number of halogens is 3. The summed E-state index contributed by atoms with van der Waals surface area (Å²) in [5.74, 6) is -0.397. The van der Waals surface area contributed by atoms with Gasteiger partial charge in [-0.15, -0.1) is 5.10 Å². The van der Waals surface area contributed by atoms with Crippen molar-refractivity contribution in [3.05, 3.63) is 36.4 Å². The fraction of sp³-hybridized carbons (Fsp3) is 0.111. The molecule has 0 aliphatic rings. The van der Waals surface area contributed by atoms with Gasteiger partial charge in [0.05, 0.1) is 6.20 Å². The van der Waals surface area contributed by atoms with Crippen molar-refractivity contribution in [1.29, 1.82) is 0 Å². The summed E-state index contributed by atoms with van der Waals surface area (Å²) >= 11 is 0. The average molecular weight is 229 g/mol. The summed E-state index contributed by atoms with van der Waals surface area (Å²) < 4.78 is 41.5. The third-order valence-electron chi connectivity index (χ3n) is 1.72. The number of hydrogen-bond acceptors (Lipinski definition) is 3. The van der Waals surface area contributed by atoms with E-state index in [1.165, 1.54) is 29.1 Å². The molecule has 16 heavy (non-hydrogen) atoms. The van der Waals surface area contributed by atoms with Crippen LogP contribution in [-0.4, -0.2) is 21.4 Å². The predicted octanol–water partition coefficient (Wildman–Crippen LogP) is 2.01. The fourth-order valence-electron chi connectivity index (χ4n) is 1.09. The molecular formula is C9H6F3N3O. The van der Waals surface area contributed by atoms with E-state index in [0.29, 0.717) is 5.82 Å². The van der Waals surface area contributed by atoms with Crippen LogP contribution in [0.1, 0.15) is 0 Å². The van der Waals surface area contributed by atoms with E-state index in [9.17, 15) is 13.2 Å². The van der Waals surface area contributed by atoms with Gasteiger partial charge in [-0.3, -0.25) is 0 Å². The minimum atomic E-state index is -2.93. The Kier molecular flexibility index (Phi) is 2.76. The Balaban J connectivity index is 2.21. The summed E-state index contributed by atoms with van der Waals surface area (Å²) in [4.78, 5) is 3.72. The highest BCUT2D eigenvalue weighted by molar-refractivity contribution is 5.22. The van der Waals surface area contributed by atoms with Crippen molar-refractivity contribution in [3.8, 4) is 11.7 Å². The lowest BCUT2D eigenvalue weighted by atomic mass is 10.4. The molecule has 0 saturated carbocycles. The van der Waals surface area contributed by atoms with E-state index in [1.54, 1.807) is 0 Å². The number of nitrogens with zero attached hydrogens (tertiary/aromatic N) is 3. The molecule has 2 rings (SSSR count). The molecule has 0 unspecified atom stereocenters. The average Bonchev–Trinajstić information content (AvgIpc) is 2.66. The number of alkyl halides is 2. The third-order valence-corrected chi connectivity index (χ3v) is 1.72. The number of pyridine rings is 1. The molecule has 2 heterocycles. The first-order chi connectivity index (χ1) is 7.65. The summed E-state index contributed by atoms with van der Waals surface area (Å²) in [6.45, 7) is -2.93. The summed E-state index contributed by atoms with van der Waals surface area (Å²) in [6.07, 6.45) is 2.39. The van der Waals surface area contributed by atoms with Gasteiger partial charge < -0.3 is 4.74 Å². The van der Waals surface area contributed by atoms with Gasteiger partial charge in [-0.1, -0.05) is 0 Å². The molecule has 0 spiro atoms. The second kappa shape index (κ2) is 4.21. The number of aromatic nitrogens is 3. The lowest BCUT2D eigenvalue weighted by Gasteiger charge is -2.00. The van der Waals surface area contributed by atoms with Crippen molar-refractivity contribution in [3.63, 3.8) is 0 Å². The molecule has 0 radical (unpaired) electrons. The van der Waals surface area contributed by atoms with Gasteiger partial charge in [-0.25, -0.2) is 14.1 Å². The van der Waals surface area contributed by atoms with Crippen LogP contribution < -0.4 is 4.74 Å². The van der Waals surface area contributed by atoms with Crippen molar-refractivity contribution < 1.29 is 17.9 Å². The van der Waals surface area contributed by atoms with Crippen LogP contribution in [0.5, 0.6) is 5.88 Å². The lowest BCUT2D eigenvalue weighted by molar-refractivity contribution is -0.0530. The molecule has 4 nitrogen and oxygen atoms in total. The summed E-state index contributed by atoms with van der Waals surface area (Å²) in [5.41, 5.74) is 0. The molecule has 0 aromatic carbocycles. The first-order valence-corrected chi connectivity index (χ1v) is 4.27. The molecule has 0 N–H and O–H groups in total. The maximum Gasteiger partial charge on any atom is 0.388 e. The van der Waals surface area contributed by atoms with E-state index in [4.69, 9.17) is 0 Å². The van der Waals surface area contributed by atoms with Gasteiger partial charge in [-0.2, -0.15) is 8.78 Å². The molecule has 0 saturated heterocycles. The highest BCUT2D eigenvalue weighted by Crippen LogP contribution is 2.12. The van der Waals surface area contributed by atoms with Crippen LogP contribution in [0.3, 0.4) is 0 Å². The van der Waals surface area contributed by atoms with E-state index in [2.05, 4.69) is 14.8 Å². The maximum absolute atomic E-state index is 12.6. The number of hydrogen-bond donors (Lipinski definition) is 0. The molecule has 0 bridgehead atoms. The standard InChI is InChI=1S/C9H6F3N3O/c10-6-1-2-7(13-5-6)15-4-3-8(14-15)16-9(11)12/h1-5,9H. The van der Waals surface area contributed by atoms with E-state index < -0.39 is 12.4 Å². The van der Waals surface area contributed by atoms with Gasteiger partial charge in [0.1, 0.15) is 5.82 Å². The van der Waals surface area contributed by atoms with Crippen molar-refractivity contribution in [2.45, 2.75) is 6.61 Å². The van der Waals surface area contributed by atoms with Crippen molar-refractivity contribution in [2.24, 2.45) is 0 Å². The third kappa shape index (κ3) is 2.30. The van der Waals surface area contributed by atoms with Crippen LogP contribution >= 0.6 is 0 Å². The van der Waals surface area contributed by atoms with Crippen LogP contribution in [0.25, 0.3) is 5.82 Å². The number of rotatable bonds is 3. The minimum Gasteiger partial charge on any atom is -0.415 e. The second-order valence-electron chi connectivity index (χ2n) is 2.81. The zero-order valence-corrected chi connectivity index (χ0v) is 7.85. The van der Waals surface area contributed by atoms with E-state index >= 15 is 0 Å². The molecule has 2 aromatic heterocycles. The predicted molar refractivity (Wildman–Crippen MR) is 47.9 cm³/mol. The van der Waals surface area contributed by atoms with E-state index in [1.807, 2.05) is 0 Å². The fourth-order valence-corrected chi connectivity index (χ4v) is 1.09. The van der Waals surface area contributed by atoms with Crippen molar-refractivity contribution in [1.82, 2.24) is 14.8 Å². The molecule has 0 fully saturated rings. The Morgan fingerprint density at radius 2 is 2.06 bits per heavy atom. The Morgan fingerprint density at radius 3 is 2.69 bits per heavy atom. The Labute approximate surface area is 88.3 Å². The quantitative estimate of drug-likeness (QED) is 0.808. The van der Waals surface area contributed by atoms with Gasteiger partial charge >= 0.3 is 6.61 Å². The van der Waals surface area contributed by atoms with Crippen LogP contribution in [0.15, 0.2) is 30.6 Å². The van der Waals surface area contributed by atoms with Crippen molar-refractivity contribution >= 4 is 0 Å². The monoisotopic (exact) mass is 229 g/mol. The normalized spacial score (nSPS) is 10.8. The molecule has 0 aliphatic heterocycles. The topological polar surface area (TPSA) is 39.9 Å². The largest absolute Gasteiger partial charge is 0.415 e. The Bertz CT molecular complexity index is 469. The van der Waals surface area contributed by atoms with Gasteiger partial charge in [0, 0.05) is 12.3 Å². The highest BCUT2D eigenvalue weighted by atomic mass is 19.3. The van der Waals surface area contributed by atoms with E-state index in [-0.39, 0.29) is 5.88 Å². The van der Waals surface area contributed by atoms with Gasteiger partial charge in [0.15, 0.2) is 5.82 Å². The molecule has 0 aliphatic carbocycles. The Morgan fingerprint density at radius 1 is 1.25 bits per heavy atom.